The van der Waals surface area contributed by atoms with Crippen molar-refractivity contribution in [1.82, 2.24) is 9.78 Å². The van der Waals surface area contributed by atoms with E-state index in [2.05, 4.69) is 15.1 Å². The predicted octanol–water partition coefficient (Wildman–Crippen LogP) is 3.14. The molecule has 1 aliphatic carbocycles. The van der Waals surface area contributed by atoms with Gasteiger partial charge < -0.3 is 5.32 Å². The third kappa shape index (κ3) is 4.43. The Labute approximate surface area is 153 Å². The van der Waals surface area contributed by atoms with Crippen LogP contribution >= 0.6 is 0 Å². The van der Waals surface area contributed by atoms with Gasteiger partial charge in [-0.15, -0.1) is 0 Å². The molecule has 0 bridgehead atoms. The molecule has 2 aromatic rings. The van der Waals surface area contributed by atoms with E-state index in [1.165, 1.54) is 0 Å². The third-order valence-corrected chi connectivity index (χ3v) is 4.64. The van der Waals surface area contributed by atoms with Crippen LogP contribution in [-0.4, -0.2) is 30.4 Å². The van der Waals surface area contributed by atoms with Gasteiger partial charge in [-0.05, 0) is 63.9 Å². The predicted molar refractivity (Wildman–Crippen MR) is 102 cm³/mol. The minimum atomic E-state index is -3.33. The molecule has 1 fully saturated rings. The Kier molecular flexibility index (Phi) is 4.56. The molecule has 1 aromatic heterocycles. The maximum absolute atomic E-state index is 12.8. The zero-order valence-electron chi connectivity index (χ0n) is 15.4. The molecule has 8 heteroatoms. The third-order valence-electron chi connectivity index (χ3n) is 4.04. The maximum atomic E-state index is 12.8. The van der Waals surface area contributed by atoms with Crippen LogP contribution in [0.3, 0.4) is 0 Å². The summed E-state index contributed by atoms with van der Waals surface area (Å²) in [5.41, 5.74) is 2.23. The van der Waals surface area contributed by atoms with Crippen LogP contribution < -0.4 is 10.0 Å². The fourth-order valence-corrected chi connectivity index (χ4v) is 3.25. The van der Waals surface area contributed by atoms with Crippen molar-refractivity contribution in [2.24, 2.45) is 0 Å². The monoisotopic (exact) mass is 376 g/mol. The van der Waals surface area contributed by atoms with E-state index in [0.29, 0.717) is 23.0 Å². The lowest BCUT2D eigenvalue weighted by atomic mass is 10.1. The number of aromatic nitrogens is 2. The van der Waals surface area contributed by atoms with Crippen molar-refractivity contribution in [2.75, 3.05) is 16.3 Å². The van der Waals surface area contributed by atoms with Gasteiger partial charge in [-0.2, -0.15) is 5.10 Å². The van der Waals surface area contributed by atoms with Crippen molar-refractivity contribution >= 4 is 27.3 Å². The first-order chi connectivity index (χ1) is 12.0. The number of nitrogens with zero attached hydrogens (tertiary/aromatic N) is 2. The molecule has 140 valence electrons. The molecule has 2 N–H and O–H groups in total. The zero-order chi connectivity index (χ0) is 19.1. The number of hydrogen-bond acceptors (Lipinski definition) is 4. The van der Waals surface area contributed by atoms with Gasteiger partial charge in [-0.25, -0.2) is 8.42 Å². The summed E-state index contributed by atoms with van der Waals surface area (Å²) in [5.74, 6) is 0.231. The normalized spacial score (nSPS) is 14.9. The lowest BCUT2D eigenvalue weighted by Crippen LogP contribution is -2.29. The van der Waals surface area contributed by atoms with E-state index in [1.807, 2.05) is 26.8 Å². The van der Waals surface area contributed by atoms with Crippen molar-refractivity contribution in [2.45, 2.75) is 45.1 Å². The molecule has 3 rings (SSSR count). The van der Waals surface area contributed by atoms with E-state index >= 15 is 0 Å². The summed E-state index contributed by atoms with van der Waals surface area (Å²) in [7, 11) is -3.33. The van der Waals surface area contributed by atoms with Gasteiger partial charge >= 0.3 is 0 Å². The number of sulfonamides is 1. The SMILES string of the molecule is CC(C)(C)n1nc(C2CC2)cc1C(=O)Nc1ccc(NS(C)(=O)=O)cc1. The number of benzene rings is 1. The molecule has 0 saturated heterocycles. The van der Waals surface area contributed by atoms with Gasteiger partial charge in [0, 0.05) is 17.3 Å². The molecular weight excluding hydrogens is 352 g/mol. The second-order valence-electron chi connectivity index (χ2n) is 7.72. The molecule has 0 unspecified atom stereocenters. The minimum absolute atomic E-state index is 0.233. The number of carbonyl (C=O) groups is 1. The number of carbonyl (C=O) groups excluding carboxylic acids is 1. The van der Waals surface area contributed by atoms with E-state index in [9.17, 15) is 13.2 Å². The van der Waals surface area contributed by atoms with Gasteiger partial charge in [0.15, 0.2) is 0 Å². The molecule has 0 spiro atoms. The van der Waals surface area contributed by atoms with Crippen LogP contribution in [-0.2, 0) is 15.6 Å². The van der Waals surface area contributed by atoms with E-state index in [4.69, 9.17) is 0 Å². The molecule has 26 heavy (non-hydrogen) atoms. The highest BCUT2D eigenvalue weighted by molar-refractivity contribution is 7.92. The largest absolute Gasteiger partial charge is 0.321 e. The van der Waals surface area contributed by atoms with Crippen LogP contribution in [0, 0.1) is 0 Å². The van der Waals surface area contributed by atoms with Crippen LogP contribution in [0.4, 0.5) is 11.4 Å². The summed E-state index contributed by atoms with van der Waals surface area (Å²) < 4.78 is 26.7. The highest BCUT2D eigenvalue weighted by Gasteiger charge is 2.31. The first-order valence-electron chi connectivity index (χ1n) is 8.52. The van der Waals surface area contributed by atoms with E-state index < -0.39 is 10.0 Å². The lowest BCUT2D eigenvalue weighted by Gasteiger charge is -2.22. The van der Waals surface area contributed by atoms with Gasteiger partial charge in [0.1, 0.15) is 5.69 Å². The Morgan fingerprint density at radius 3 is 2.23 bits per heavy atom. The van der Waals surface area contributed by atoms with E-state index in [0.717, 1.165) is 24.8 Å². The average molecular weight is 376 g/mol. The first-order valence-corrected chi connectivity index (χ1v) is 10.4. The first kappa shape index (κ1) is 18.4. The summed E-state index contributed by atoms with van der Waals surface area (Å²) in [5, 5.41) is 7.50. The second-order valence-corrected chi connectivity index (χ2v) is 9.47. The number of anilines is 2. The molecule has 1 amide bonds. The Morgan fingerprint density at radius 1 is 1.15 bits per heavy atom. The Balaban J connectivity index is 1.79. The minimum Gasteiger partial charge on any atom is -0.321 e. The summed E-state index contributed by atoms with van der Waals surface area (Å²) in [6, 6.07) is 8.40. The van der Waals surface area contributed by atoms with Crippen LogP contribution in [0.25, 0.3) is 0 Å². The number of hydrogen-bond donors (Lipinski definition) is 2. The summed E-state index contributed by atoms with van der Waals surface area (Å²) in [6.07, 6.45) is 3.34. The van der Waals surface area contributed by atoms with Gasteiger partial charge in [-0.1, -0.05) is 0 Å². The lowest BCUT2D eigenvalue weighted by molar-refractivity contribution is 0.100. The fraction of sp³-hybridized carbons (Fsp3) is 0.444. The summed E-state index contributed by atoms with van der Waals surface area (Å²) in [4.78, 5) is 12.8. The maximum Gasteiger partial charge on any atom is 0.273 e. The molecule has 7 nitrogen and oxygen atoms in total. The molecular formula is C18H24N4O3S. The van der Waals surface area contributed by atoms with E-state index in [1.54, 1.807) is 28.9 Å². The summed E-state index contributed by atoms with van der Waals surface area (Å²) in [6.45, 7) is 6.04. The van der Waals surface area contributed by atoms with Crippen molar-refractivity contribution < 1.29 is 13.2 Å². The highest BCUT2D eigenvalue weighted by atomic mass is 32.2. The topological polar surface area (TPSA) is 93.1 Å². The molecule has 1 aromatic carbocycles. The standard InChI is InChI=1S/C18H24N4O3S/c1-18(2,3)22-16(11-15(20-22)12-5-6-12)17(23)19-13-7-9-14(10-8-13)21-26(4,24)25/h7-12,21H,5-6H2,1-4H3,(H,19,23). The fourth-order valence-electron chi connectivity index (χ4n) is 2.68. The van der Waals surface area contributed by atoms with Crippen LogP contribution in [0.15, 0.2) is 30.3 Å². The molecule has 0 aliphatic heterocycles. The Bertz CT molecular complexity index is 920. The quantitative estimate of drug-likeness (QED) is 0.838. The van der Waals surface area contributed by atoms with Crippen molar-refractivity contribution in [3.8, 4) is 0 Å². The molecule has 1 aliphatic rings. The second kappa shape index (κ2) is 6.42. The molecule has 0 radical (unpaired) electrons. The number of rotatable bonds is 5. The van der Waals surface area contributed by atoms with Gasteiger partial charge in [-0.3, -0.25) is 14.2 Å². The average Bonchev–Trinajstić information content (AvgIpc) is 3.24. The van der Waals surface area contributed by atoms with Crippen LogP contribution in [0.5, 0.6) is 0 Å². The number of nitrogens with one attached hydrogen (secondary N) is 2. The van der Waals surface area contributed by atoms with Crippen LogP contribution in [0.2, 0.25) is 0 Å². The zero-order valence-corrected chi connectivity index (χ0v) is 16.2. The van der Waals surface area contributed by atoms with E-state index in [-0.39, 0.29) is 11.4 Å². The molecule has 1 heterocycles. The number of amides is 1. The van der Waals surface area contributed by atoms with Crippen molar-refractivity contribution in [3.63, 3.8) is 0 Å². The molecule has 0 atom stereocenters. The van der Waals surface area contributed by atoms with Crippen molar-refractivity contribution in [3.05, 3.63) is 41.7 Å². The van der Waals surface area contributed by atoms with Gasteiger partial charge in [0.05, 0.1) is 17.5 Å². The Morgan fingerprint density at radius 2 is 1.73 bits per heavy atom. The van der Waals surface area contributed by atoms with Gasteiger partial charge in [0.2, 0.25) is 10.0 Å². The highest BCUT2D eigenvalue weighted by Crippen LogP contribution is 2.40. The van der Waals surface area contributed by atoms with Crippen LogP contribution in [0.1, 0.15) is 55.7 Å². The Hall–Kier alpha value is -2.35. The summed E-state index contributed by atoms with van der Waals surface area (Å²) >= 11 is 0. The smallest absolute Gasteiger partial charge is 0.273 e. The molecule has 1 saturated carbocycles. The van der Waals surface area contributed by atoms with Crippen molar-refractivity contribution in [1.29, 1.82) is 0 Å². The van der Waals surface area contributed by atoms with Gasteiger partial charge in [0.25, 0.3) is 5.91 Å².